The number of imidazole rings is 1. The number of hydrogen-bond donors (Lipinski definition) is 2. The molecule has 2 aromatic heterocycles. The number of fused-ring (bicyclic) bond motifs is 1. The van der Waals surface area contributed by atoms with Crippen molar-refractivity contribution in [1.29, 1.82) is 0 Å². The zero-order valence-corrected chi connectivity index (χ0v) is 10.1. The van der Waals surface area contributed by atoms with Gasteiger partial charge in [0.05, 0.1) is 5.52 Å². The van der Waals surface area contributed by atoms with Crippen LogP contribution in [-0.4, -0.2) is 15.0 Å². The van der Waals surface area contributed by atoms with Gasteiger partial charge in [-0.25, -0.2) is 9.97 Å². The summed E-state index contributed by atoms with van der Waals surface area (Å²) in [5, 5.41) is 0. The first kappa shape index (κ1) is 10.6. The number of nitrogen functional groups attached to an aromatic ring is 1. The van der Waals surface area contributed by atoms with Crippen LogP contribution >= 0.6 is 0 Å². The molecule has 90 valence electrons. The molecular formula is C13H18N4. The van der Waals surface area contributed by atoms with Crippen LogP contribution in [0.3, 0.4) is 0 Å². The van der Waals surface area contributed by atoms with Crippen molar-refractivity contribution in [3.63, 3.8) is 0 Å². The molecule has 2 heterocycles. The van der Waals surface area contributed by atoms with Gasteiger partial charge in [0.1, 0.15) is 11.6 Å². The van der Waals surface area contributed by atoms with E-state index in [9.17, 15) is 0 Å². The molecule has 1 aliphatic rings. The van der Waals surface area contributed by atoms with Crippen LogP contribution in [0.1, 0.15) is 44.3 Å². The maximum absolute atomic E-state index is 5.66. The van der Waals surface area contributed by atoms with Gasteiger partial charge in [0.15, 0.2) is 5.65 Å². The number of pyridine rings is 1. The van der Waals surface area contributed by atoms with E-state index in [0.29, 0.717) is 11.7 Å². The van der Waals surface area contributed by atoms with Gasteiger partial charge in [0, 0.05) is 5.92 Å². The predicted molar refractivity (Wildman–Crippen MR) is 68.7 cm³/mol. The Labute approximate surface area is 101 Å². The highest BCUT2D eigenvalue weighted by atomic mass is 15.0. The number of aromatic nitrogens is 3. The number of H-pyrrole nitrogens is 1. The summed E-state index contributed by atoms with van der Waals surface area (Å²) in [6.07, 6.45) is 5.07. The fourth-order valence-corrected chi connectivity index (χ4v) is 2.65. The van der Waals surface area contributed by atoms with E-state index >= 15 is 0 Å². The third kappa shape index (κ3) is 1.99. The summed E-state index contributed by atoms with van der Waals surface area (Å²) < 4.78 is 0. The van der Waals surface area contributed by atoms with Crippen LogP contribution < -0.4 is 5.73 Å². The maximum Gasteiger partial charge on any atom is 0.179 e. The van der Waals surface area contributed by atoms with E-state index in [1.165, 1.54) is 25.7 Å². The Kier molecular flexibility index (Phi) is 2.50. The van der Waals surface area contributed by atoms with Crippen molar-refractivity contribution in [3.8, 4) is 0 Å². The number of nitrogens with one attached hydrogen (secondary N) is 1. The number of nitrogens with zero attached hydrogens (tertiary/aromatic N) is 2. The van der Waals surface area contributed by atoms with Crippen molar-refractivity contribution >= 4 is 17.0 Å². The van der Waals surface area contributed by atoms with Crippen molar-refractivity contribution in [2.24, 2.45) is 5.92 Å². The molecule has 0 saturated heterocycles. The lowest BCUT2D eigenvalue weighted by molar-refractivity contribution is 0.341. The lowest BCUT2D eigenvalue weighted by Crippen LogP contribution is -2.11. The summed E-state index contributed by atoms with van der Waals surface area (Å²) in [6.45, 7) is 2.33. The molecule has 1 fully saturated rings. The van der Waals surface area contributed by atoms with Crippen molar-refractivity contribution < 1.29 is 0 Å². The molecule has 0 aromatic carbocycles. The van der Waals surface area contributed by atoms with E-state index < -0.39 is 0 Å². The van der Waals surface area contributed by atoms with Gasteiger partial charge in [-0.2, -0.15) is 0 Å². The van der Waals surface area contributed by atoms with E-state index in [1.54, 1.807) is 0 Å². The van der Waals surface area contributed by atoms with E-state index in [4.69, 9.17) is 5.73 Å². The Morgan fingerprint density at radius 3 is 2.71 bits per heavy atom. The van der Waals surface area contributed by atoms with Gasteiger partial charge in [-0.05, 0) is 30.9 Å². The molecule has 0 unspecified atom stereocenters. The Morgan fingerprint density at radius 1 is 1.18 bits per heavy atom. The smallest absolute Gasteiger partial charge is 0.179 e. The molecule has 0 amide bonds. The highest BCUT2D eigenvalue weighted by molar-refractivity contribution is 5.72. The van der Waals surface area contributed by atoms with E-state index in [0.717, 1.165) is 22.9 Å². The van der Waals surface area contributed by atoms with Crippen LogP contribution in [0.5, 0.6) is 0 Å². The first-order valence-electron chi connectivity index (χ1n) is 6.34. The maximum atomic E-state index is 5.66. The molecule has 3 rings (SSSR count). The lowest BCUT2D eigenvalue weighted by atomic mass is 9.83. The average Bonchev–Trinajstić information content (AvgIpc) is 2.72. The van der Waals surface area contributed by atoms with Gasteiger partial charge in [-0.15, -0.1) is 0 Å². The van der Waals surface area contributed by atoms with Crippen molar-refractivity contribution in [3.05, 3.63) is 18.0 Å². The molecule has 4 heteroatoms. The van der Waals surface area contributed by atoms with Gasteiger partial charge in [0.2, 0.25) is 0 Å². The van der Waals surface area contributed by atoms with Gasteiger partial charge < -0.3 is 10.7 Å². The molecule has 1 aliphatic carbocycles. The summed E-state index contributed by atoms with van der Waals surface area (Å²) in [5.41, 5.74) is 7.41. The van der Waals surface area contributed by atoms with Gasteiger partial charge >= 0.3 is 0 Å². The first-order chi connectivity index (χ1) is 8.22. The zero-order valence-electron chi connectivity index (χ0n) is 10.1. The fourth-order valence-electron chi connectivity index (χ4n) is 2.65. The number of hydrogen-bond acceptors (Lipinski definition) is 3. The Hall–Kier alpha value is -1.58. The van der Waals surface area contributed by atoms with Crippen molar-refractivity contribution in [2.75, 3.05) is 5.73 Å². The molecule has 2 aromatic rings. The molecule has 4 nitrogen and oxygen atoms in total. The molecule has 0 bridgehead atoms. The fraction of sp³-hybridized carbons (Fsp3) is 0.538. The summed E-state index contributed by atoms with van der Waals surface area (Å²) >= 11 is 0. The second-order valence-corrected chi connectivity index (χ2v) is 5.19. The van der Waals surface area contributed by atoms with E-state index in [1.807, 2.05) is 12.1 Å². The topological polar surface area (TPSA) is 67.6 Å². The Balaban J connectivity index is 1.90. The van der Waals surface area contributed by atoms with Crippen LogP contribution in [-0.2, 0) is 0 Å². The van der Waals surface area contributed by atoms with E-state index in [-0.39, 0.29) is 0 Å². The minimum Gasteiger partial charge on any atom is -0.384 e. The second-order valence-electron chi connectivity index (χ2n) is 5.19. The number of anilines is 1. The summed E-state index contributed by atoms with van der Waals surface area (Å²) in [4.78, 5) is 12.2. The zero-order chi connectivity index (χ0) is 11.8. The van der Waals surface area contributed by atoms with Gasteiger partial charge in [-0.1, -0.05) is 19.8 Å². The third-order valence-corrected chi connectivity index (χ3v) is 3.79. The van der Waals surface area contributed by atoms with Crippen LogP contribution in [0.15, 0.2) is 12.1 Å². The normalized spacial score (nSPS) is 25.2. The minimum atomic E-state index is 0.535. The SMILES string of the molecule is CC1CCC(c2nc3nc(N)ccc3[nH]2)CC1. The molecule has 3 N–H and O–H groups in total. The highest BCUT2D eigenvalue weighted by Gasteiger charge is 2.22. The Morgan fingerprint density at radius 2 is 1.94 bits per heavy atom. The predicted octanol–water partition coefficient (Wildman–Crippen LogP) is 2.83. The largest absolute Gasteiger partial charge is 0.384 e. The van der Waals surface area contributed by atoms with Gasteiger partial charge in [0.25, 0.3) is 0 Å². The third-order valence-electron chi connectivity index (χ3n) is 3.79. The molecule has 0 atom stereocenters. The number of rotatable bonds is 1. The van der Waals surface area contributed by atoms with Crippen LogP contribution in [0.25, 0.3) is 11.2 Å². The Bertz CT molecular complexity index is 523. The summed E-state index contributed by atoms with van der Waals surface area (Å²) in [6, 6.07) is 3.77. The summed E-state index contributed by atoms with van der Waals surface area (Å²) in [5.74, 6) is 3.06. The molecule has 0 aliphatic heterocycles. The van der Waals surface area contributed by atoms with E-state index in [2.05, 4.69) is 21.9 Å². The quantitative estimate of drug-likeness (QED) is 0.791. The molecule has 0 radical (unpaired) electrons. The van der Waals surface area contributed by atoms with Crippen LogP contribution in [0, 0.1) is 5.92 Å². The molecule has 17 heavy (non-hydrogen) atoms. The number of nitrogens with two attached hydrogens (primary N) is 1. The average molecular weight is 230 g/mol. The molecule has 0 spiro atoms. The first-order valence-corrected chi connectivity index (χ1v) is 6.34. The standard InChI is InChI=1S/C13H18N4/c1-8-2-4-9(5-3-8)12-15-10-6-7-11(14)16-13(10)17-12/h6-9H,2-5H2,1H3,(H3,14,15,16,17). The monoisotopic (exact) mass is 230 g/mol. The second kappa shape index (κ2) is 4.02. The number of aromatic amines is 1. The molecular weight excluding hydrogens is 212 g/mol. The lowest BCUT2D eigenvalue weighted by Gasteiger charge is -2.24. The van der Waals surface area contributed by atoms with Crippen LogP contribution in [0.2, 0.25) is 0 Å². The van der Waals surface area contributed by atoms with Gasteiger partial charge in [-0.3, -0.25) is 0 Å². The highest BCUT2D eigenvalue weighted by Crippen LogP contribution is 2.34. The molecule has 1 saturated carbocycles. The summed E-state index contributed by atoms with van der Waals surface area (Å²) in [7, 11) is 0. The van der Waals surface area contributed by atoms with Crippen molar-refractivity contribution in [1.82, 2.24) is 15.0 Å². The minimum absolute atomic E-state index is 0.535. The van der Waals surface area contributed by atoms with Crippen LogP contribution in [0.4, 0.5) is 5.82 Å². The van der Waals surface area contributed by atoms with Crippen molar-refractivity contribution in [2.45, 2.75) is 38.5 Å².